The maximum Gasteiger partial charge on any atom is 0.215 e. The van der Waals surface area contributed by atoms with E-state index in [4.69, 9.17) is 0 Å². The molecular weight excluding hydrogens is 303 g/mol. The maximum absolute atomic E-state index is 12.8. The molecule has 6 heteroatoms. The van der Waals surface area contributed by atoms with Gasteiger partial charge in [-0.05, 0) is 62.5 Å². The van der Waals surface area contributed by atoms with Crippen LogP contribution in [0.5, 0.6) is 0 Å². The van der Waals surface area contributed by atoms with E-state index in [1.54, 1.807) is 0 Å². The average Bonchev–Trinajstić information content (AvgIpc) is 2.49. The van der Waals surface area contributed by atoms with Gasteiger partial charge in [-0.2, -0.15) is 0 Å². The maximum atomic E-state index is 12.8. The molecular formula is C16H25FN2O2S. The van der Waals surface area contributed by atoms with E-state index in [2.05, 4.69) is 16.5 Å². The smallest absolute Gasteiger partial charge is 0.215 e. The van der Waals surface area contributed by atoms with Crippen molar-refractivity contribution in [3.8, 4) is 0 Å². The summed E-state index contributed by atoms with van der Waals surface area (Å²) >= 11 is 0. The van der Waals surface area contributed by atoms with Crippen molar-refractivity contribution in [1.82, 2.24) is 9.62 Å². The molecule has 0 unspecified atom stereocenters. The first-order valence-electron chi connectivity index (χ1n) is 7.92. The highest BCUT2D eigenvalue weighted by atomic mass is 32.2. The van der Waals surface area contributed by atoms with Gasteiger partial charge in [0, 0.05) is 6.54 Å². The SMILES string of the molecule is CCCN1CCC(CNS(=O)(=O)Cc2ccc(F)cc2)CC1. The van der Waals surface area contributed by atoms with E-state index < -0.39 is 10.0 Å². The summed E-state index contributed by atoms with van der Waals surface area (Å²) < 4.78 is 39.7. The number of rotatable bonds is 7. The van der Waals surface area contributed by atoms with Gasteiger partial charge in [0.1, 0.15) is 5.82 Å². The minimum absolute atomic E-state index is 0.0953. The Kier molecular flexibility index (Phi) is 6.35. The molecule has 1 heterocycles. The van der Waals surface area contributed by atoms with Crippen molar-refractivity contribution in [3.63, 3.8) is 0 Å². The lowest BCUT2D eigenvalue weighted by Crippen LogP contribution is -2.39. The number of nitrogens with one attached hydrogen (secondary N) is 1. The van der Waals surface area contributed by atoms with E-state index in [1.165, 1.54) is 24.3 Å². The van der Waals surface area contributed by atoms with Gasteiger partial charge in [0.15, 0.2) is 0 Å². The highest BCUT2D eigenvalue weighted by Gasteiger charge is 2.20. The van der Waals surface area contributed by atoms with Gasteiger partial charge in [-0.3, -0.25) is 0 Å². The first-order chi connectivity index (χ1) is 10.5. The molecule has 0 bridgehead atoms. The second-order valence-electron chi connectivity index (χ2n) is 6.02. The quantitative estimate of drug-likeness (QED) is 0.836. The molecule has 0 spiro atoms. The van der Waals surface area contributed by atoms with E-state index >= 15 is 0 Å². The summed E-state index contributed by atoms with van der Waals surface area (Å²) in [7, 11) is -3.36. The molecule has 0 saturated carbocycles. The Balaban J connectivity index is 1.77. The van der Waals surface area contributed by atoms with Gasteiger partial charge in [-0.1, -0.05) is 19.1 Å². The number of hydrogen-bond donors (Lipinski definition) is 1. The molecule has 0 aliphatic carbocycles. The van der Waals surface area contributed by atoms with E-state index in [0.29, 0.717) is 18.0 Å². The highest BCUT2D eigenvalue weighted by molar-refractivity contribution is 7.88. The number of likely N-dealkylation sites (tertiary alicyclic amines) is 1. The normalized spacial score (nSPS) is 17.7. The molecule has 1 aromatic rings. The van der Waals surface area contributed by atoms with Crippen LogP contribution in [0.3, 0.4) is 0 Å². The molecule has 1 aromatic carbocycles. The third-order valence-corrected chi connectivity index (χ3v) is 5.43. The second kappa shape index (κ2) is 8.04. The van der Waals surface area contributed by atoms with Crippen LogP contribution < -0.4 is 4.72 Å². The van der Waals surface area contributed by atoms with Crippen molar-refractivity contribution in [1.29, 1.82) is 0 Å². The van der Waals surface area contributed by atoms with Crippen molar-refractivity contribution >= 4 is 10.0 Å². The average molecular weight is 328 g/mol. The van der Waals surface area contributed by atoms with Crippen LogP contribution in [0.1, 0.15) is 31.7 Å². The van der Waals surface area contributed by atoms with Crippen LogP contribution in [0.15, 0.2) is 24.3 Å². The lowest BCUT2D eigenvalue weighted by molar-refractivity contribution is 0.186. The standard InChI is InChI=1S/C16H25FN2O2S/c1-2-9-19-10-7-14(8-11-19)12-18-22(20,21)13-15-3-5-16(17)6-4-15/h3-6,14,18H,2,7-13H2,1H3. The van der Waals surface area contributed by atoms with Gasteiger partial charge >= 0.3 is 0 Å². The molecule has 1 aliphatic rings. The number of halogens is 1. The fourth-order valence-electron chi connectivity index (χ4n) is 2.83. The summed E-state index contributed by atoms with van der Waals surface area (Å²) in [6, 6.07) is 5.60. The Bertz CT molecular complexity index is 552. The first kappa shape index (κ1) is 17.4. The second-order valence-corrected chi connectivity index (χ2v) is 7.83. The molecule has 1 N–H and O–H groups in total. The van der Waals surface area contributed by atoms with Crippen molar-refractivity contribution in [2.45, 2.75) is 31.9 Å². The monoisotopic (exact) mass is 328 g/mol. The van der Waals surface area contributed by atoms with E-state index in [1.807, 2.05) is 0 Å². The molecule has 22 heavy (non-hydrogen) atoms. The minimum Gasteiger partial charge on any atom is -0.303 e. The summed E-state index contributed by atoms with van der Waals surface area (Å²) in [5.74, 6) is -0.0360. The third kappa shape index (κ3) is 5.66. The molecule has 124 valence electrons. The van der Waals surface area contributed by atoms with Gasteiger partial charge in [0.05, 0.1) is 5.75 Å². The van der Waals surface area contributed by atoms with Crippen LogP contribution in [0, 0.1) is 11.7 Å². The largest absolute Gasteiger partial charge is 0.303 e. The van der Waals surface area contributed by atoms with Gasteiger partial charge in [0.2, 0.25) is 10.0 Å². The summed E-state index contributed by atoms with van der Waals surface area (Å²) in [5, 5.41) is 0. The number of piperidine rings is 1. The lowest BCUT2D eigenvalue weighted by Gasteiger charge is -2.31. The predicted octanol–water partition coefficient (Wildman–Crippen LogP) is 2.37. The molecule has 4 nitrogen and oxygen atoms in total. The Labute approximate surface area is 132 Å². The Morgan fingerprint density at radius 2 is 1.86 bits per heavy atom. The first-order valence-corrected chi connectivity index (χ1v) is 9.58. The van der Waals surface area contributed by atoms with Crippen molar-refractivity contribution < 1.29 is 12.8 Å². The fraction of sp³-hybridized carbons (Fsp3) is 0.625. The third-order valence-electron chi connectivity index (χ3n) is 4.11. The van der Waals surface area contributed by atoms with Gasteiger partial charge in [0.25, 0.3) is 0 Å². The number of hydrogen-bond acceptors (Lipinski definition) is 3. The zero-order valence-corrected chi connectivity index (χ0v) is 13.9. The zero-order chi connectivity index (χ0) is 16.0. The van der Waals surface area contributed by atoms with Crippen LogP contribution in [-0.2, 0) is 15.8 Å². The molecule has 0 radical (unpaired) electrons. The van der Waals surface area contributed by atoms with Gasteiger partial charge in [-0.15, -0.1) is 0 Å². The zero-order valence-electron chi connectivity index (χ0n) is 13.1. The molecule has 0 aromatic heterocycles. The number of sulfonamides is 1. The van der Waals surface area contributed by atoms with E-state index in [0.717, 1.165) is 38.9 Å². The highest BCUT2D eigenvalue weighted by Crippen LogP contribution is 2.17. The van der Waals surface area contributed by atoms with Crippen molar-refractivity contribution in [2.24, 2.45) is 5.92 Å². The Hall–Kier alpha value is -0.980. The van der Waals surface area contributed by atoms with Crippen LogP contribution in [-0.4, -0.2) is 39.5 Å². The Morgan fingerprint density at radius 1 is 1.23 bits per heavy atom. The Morgan fingerprint density at radius 3 is 2.45 bits per heavy atom. The van der Waals surface area contributed by atoms with Crippen LogP contribution >= 0.6 is 0 Å². The number of benzene rings is 1. The molecule has 1 fully saturated rings. The fourth-order valence-corrected chi connectivity index (χ4v) is 4.05. The lowest BCUT2D eigenvalue weighted by atomic mass is 9.97. The van der Waals surface area contributed by atoms with E-state index in [9.17, 15) is 12.8 Å². The molecule has 0 amide bonds. The summed E-state index contributed by atoms with van der Waals surface area (Å²) in [4.78, 5) is 2.43. The van der Waals surface area contributed by atoms with Gasteiger partial charge < -0.3 is 4.90 Å². The number of nitrogens with zero attached hydrogens (tertiary/aromatic N) is 1. The summed E-state index contributed by atoms with van der Waals surface area (Å²) in [6.45, 7) is 5.92. The predicted molar refractivity (Wildman–Crippen MR) is 86.5 cm³/mol. The molecule has 0 atom stereocenters. The van der Waals surface area contributed by atoms with Crippen molar-refractivity contribution in [3.05, 3.63) is 35.6 Å². The van der Waals surface area contributed by atoms with Crippen LogP contribution in [0.25, 0.3) is 0 Å². The summed E-state index contributed by atoms with van der Waals surface area (Å²) in [5.41, 5.74) is 0.603. The van der Waals surface area contributed by atoms with Crippen molar-refractivity contribution in [2.75, 3.05) is 26.2 Å². The topological polar surface area (TPSA) is 49.4 Å². The summed E-state index contributed by atoms with van der Waals surface area (Å²) in [6.07, 6.45) is 3.24. The molecule has 1 saturated heterocycles. The van der Waals surface area contributed by atoms with Crippen LogP contribution in [0.4, 0.5) is 4.39 Å². The molecule has 2 rings (SSSR count). The van der Waals surface area contributed by atoms with Crippen LogP contribution in [0.2, 0.25) is 0 Å². The minimum atomic E-state index is -3.36. The van der Waals surface area contributed by atoms with E-state index in [-0.39, 0.29) is 11.6 Å². The molecule has 1 aliphatic heterocycles. The van der Waals surface area contributed by atoms with Gasteiger partial charge in [-0.25, -0.2) is 17.5 Å².